The summed E-state index contributed by atoms with van der Waals surface area (Å²) in [5, 5.41) is 9.77. The van der Waals surface area contributed by atoms with E-state index >= 15 is 0 Å². The molecule has 1 aromatic rings. The van der Waals surface area contributed by atoms with Gasteiger partial charge in [0.25, 0.3) is 0 Å². The highest BCUT2D eigenvalue weighted by molar-refractivity contribution is 5.76. The van der Waals surface area contributed by atoms with Crippen LogP contribution >= 0.6 is 0 Å². The molecular weight excluding hydrogens is 274 g/mol. The molecule has 122 valence electrons. The fraction of sp³-hybridized carbons (Fsp3) is 0.611. The summed E-state index contributed by atoms with van der Waals surface area (Å²) in [6.45, 7) is 6.04. The Labute approximate surface area is 134 Å². The van der Waals surface area contributed by atoms with E-state index in [0.29, 0.717) is 18.3 Å². The second-order valence-electron chi connectivity index (χ2n) is 6.27. The number of anilines is 1. The Morgan fingerprint density at radius 2 is 1.95 bits per heavy atom. The summed E-state index contributed by atoms with van der Waals surface area (Å²) in [7, 11) is 0. The Hall–Kier alpha value is -1.55. The van der Waals surface area contributed by atoms with Crippen LogP contribution in [0.3, 0.4) is 0 Å². The molecule has 1 amide bonds. The molecule has 4 nitrogen and oxygen atoms in total. The predicted molar refractivity (Wildman–Crippen MR) is 91.9 cm³/mol. The van der Waals surface area contributed by atoms with Crippen LogP contribution in [-0.4, -0.2) is 32.1 Å². The average Bonchev–Trinajstić information content (AvgIpc) is 2.56. The number of amides is 1. The number of rotatable bonds is 8. The minimum Gasteiger partial charge on any atom is -0.385 e. The van der Waals surface area contributed by atoms with Crippen LogP contribution < -0.4 is 16.0 Å². The number of carbonyl (C=O) groups is 1. The molecule has 1 atom stereocenters. The van der Waals surface area contributed by atoms with Gasteiger partial charge in [-0.15, -0.1) is 0 Å². The number of para-hydroxylation sites is 1. The Morgan fingerprint density at radius 3 is 2.68 bits per heavy atom. The van der Waals surface area contributed by atoms with Gasteiger partial charge >= 0.3 is 0 Å². The van der Waals surface area contributed by atoms with Gasteiger partial charge in [0.1, 0.15) is 0 Å². The fourth-order valence-electron chi connectivity index (χ4n) is 3.05. The van der Waals surface area contributed by atoms with Crippen LogP contribution in [0.1, 0.15) is 32.6 Å². The van der Waals surface area contributed by atoms with Crippen LogP contribution in [0.25, 0.3) is 0 Å². The Balaban J connectivity index is 1.53. The largest absolute Gasteiger partial charge is 0.385 e. The summed E-state index contributed by atoms with van der Waals surface area (Å²) in [5.41, 5.74) is 1.13. The standard InChI is InChI=1S/C18H29N3O/c1-15(16-8-12-19-13-9-16)14-18(22)21-11-5-10-20-17-6-3-2-4-7-17/h2-4,6-7,15-16,19-20H,5,8-14H2,1H3,(H,21,22). The Kier molecular flexibility index (Phi) is 7.23. The number of benzene rings is 1. The lowest BCUT2D eigenvalue weighted by Crippen LogP contribution is -2.34. The first-order valence-electron chi connectivity index (χ1n) is 8.52. The third-order valence-corrected chi connectivity index (χ3v) is 4.47. The molecule has 2 rings (SSSR count). The molecule has 1 aliphatic heterocycles. The van der Waals surface area contributed by atoms with Crippen LogP contribution in [0, 0.1) is 11.8 Å². The first kappa shape index (κ1) is 16.8. The third-order valence-electron chi connectivity index (χ3n) is 4.47. The maximum atomic E-state index is 12.0. The van der Waals surface area contributed by atoms with Crippen molar-refractivity contribution in [1.29, 1.82) is 0 Å². The Bertz CT molecular complexity index is 429. The molecule has 1 unspecified atom stereocenters. The predicted octanol–water partition coefficient (Wildman–Crippen LogP) is 2.63. The number of hydrogen-bond donors (Lipinski definition) is 3. The van der Waals surface area contributed by atoms with Crippen LogP contribution in [0.5, 0.6) is 0 Å². The van der Waals surface area contributed by atoms with Gasteiger partial charge in [0.2, 0.25) is 5.91 Å². The highest BCUT2D eigenvalue weighted by Gasteiger charge is 2.21. The van der Waals surface area contributed by atoms with Crippen molar-refractivity contribution in [3.8, 4) is 0 Å². The summed E-state index contributed by atoms with van der Waals surface area (Å²) in [6.07, 6.45) is 4.02. The molecule has 3 N–H and O–H groups in total. The van der Waals surface area contributed by atoms with Gasteiger partial charge in [0.15, 0.2) is 0 Å². The van der Waals surface area contributed by atoms with Crippen LogP contribution in [0.4, 0.5) is 5.69 Å². The van der Waals surface area contributed by atoms with Crippen molar-refractivity contribution in [3.05, 3.63) is 30.3 Å². The molecule has 1 aliphatic rings. The van der Waals surface area contributed by atoms with E-state index in [0.717, 1.165) is 38.3 Å². The van der Waals surface area contributed by atoms with E-state index in [1.807, 2.05) is 18.2 Å². The van der Waals surface area contributed by atoms with E-state index in [-0.39, 0.29) is 5.91 Å². The number of piperidine rings is 1. The van der Waals surface area contributed by atoms with Crippen molar-refractivity contribution < 1.29 is 4.79 Å². The molecule has 0 aliphatic carbocycles. The molecule has 0 saturated carbocycles. The molecule has 0 bridgehead atoms. The van der Waals surface area contributed by atoms with Crippen LogP contribution in [0.2, 0.25) is 0 Å². The quantitative estimate of drug-likeness (QED) is 0.647. The smallest absolute Gasteiger partial charge is 0.220 e. The van der Waals surface area contributed by atoms with Crippen LogP contribution in [-0.2, 0) is 4.79 Å². The topological polar surface area (TPSA) is 53.2 Å². The lowest BCUT2D eigenvalue weighted by Gasteiger charge is -2.27. The highest BCUT2D eigenvalue weighted by atomic mass is 16.1. The molecular formula is C18H29N3O. The van der Waals surface area contributed by atoms with E-state index in [1.165, 1.54) is 12.8 Å². The molecule has 0 radical (unpaired) electrons. The highest BCUT2D eigenvalue weighted by Crippen LogP contribution is 2.24. The Morgan fingerprint density at radius 1 is 1.23 bits per heavy atom. The average molecular weight is 303 g/mol. The van der Waals surface area contributed by atoms with Crippen molar-refractivity contribution >= 4 is 11.6 Å². The summed E-state index contributed by atoms with van der Waals surface area (Å²) >= 11 is 0. The lowest BCUT2D eigenvalue weighted by molar-refractivity contribution is -0.122. The molecule has 0 aromatic heterocycles. The SMILES string of the molecule is CC(CC(=O)NCCCNc1ccccc1)C1CCNCC1. The maximum Gasteiger partial charge on any atom is 0.220 e. The minimum absolute atomic E-state index is 0.200. The van der Waals surface area contributed by atoms with E-state index in [9.17, 15) is 4.79 Å². The molecule has 1 fully saturated rings. The monoisotopic (exact) mass is 303 g/mol. The summed E-state index contributed by atoms with van der Waals surface area (Å²) in [5.74, 6) is 1.39. The van der Waals surface area contributed by atoms with E-state index < -0.39 is 0 Å². The van der Waals surface area contributed by atoms with Gasteiger partial charge in [0, 0.05) is 25.2 Å². The first-order chi connectivity index (χ1) is 10.8. The summed E-state index contributed by atoms with van der Waals surface area (Å²) in [6, 6.07) is 10.2. The van der Waals surface area contributed by atoms with Crippen molar-refractivity contribution in [3.63, 3.8) is 0 Å². The minimum atomic E-state index is 0.200. The fourth-order valence-corrected chi connectivity index (χ4v) is 3.05. The molecule has 1 saturated heterocycles. The van der Waals surface area contributed by atoms with Crippen molar-refractivity contribution in [2.45, 2.75) is 32.6 Å². The van der Waals surface area contributed by atoms with Gasteiger partial charge in [-0.25, -0.2) is 0 Å². The second-order valence-corrected chi connectivity index (χ2v) is 6.27. The normalized spacial score (nSPS) is 17.0. The zero-order valence-electron chi connectivity index (χ0n) is 13.6. The first-order valence-corrected chi connectivity index (χ1v) is 8.52. The van der Waals surface area contributed by atoms with Gasteiger partial charge in [-0.3, -0.25) is 4.79 Å². The second kappa shape index (κ2) is 9.46. The zero-order chi connectivity index (χ0) is 15.6. The zero-order valence-corrected chi connectivity index (χ0v) is 13.6. The molecule has 22 heavy (non-hydrogen) atoms. The summed E-state index contributed by atoms with van der Waals surface area (Å²) in [4.78, 5) is 12.0. The van der Waals surface area contributed by atoms with Gasteiger partial charge < -0.3 is 16.0 Å². The van der Waals surface area contributed by atoms with E-state index in [1.54, 1.807) is 0 Å². The van der Waals surface area contributed by atoms with E-state index in [2.05, 4.69) is 35.0 Å². The summed E-state index contributed by atoms with van der Waals surface area (Å²) < 4.78 is 0. The van der Waals surface area contributed by atoms with Gasteiger partial charge in [-0.05, 0) is 56.3 Å². The number of carbonyl (C=O) groups excluding carboxylic acids is 1. The number of hydrogen-bond acceptors (Lipinski definition) is 3. The van der Waals surface area contributed by atoms with Gasteiger partial charge in [-0.2, -0.15) is 0 Å². The van der Waals surface area contributed by atoms with Crippen LogP contribution in [0.15, 0.2) is 30.3 Å². The maximum absolute atomic E-state index is 12.0. The van der Waals surface area contributed by atoms with Crippen molar-refractivity contribution in [1.82, 2.24) is 10.6 Å². The van der Waals surface area contributed by atoms with Gasteiger partial charge in [0.05, 0.1) is 0 Å². The number of nitrogens with one attached hydrogen (secondary N) is 3. The molecule has 1 aromatic carbocycles. The third kappa shape index (κ3) is 6.06. The van der Waals surface area contributed by atoms with Gasteiger partial charge in [-0.1, -0.05) is 25.1 Å². The van der Waals surface area contributed by atoms with Crippen molar-refractivity contribution in [2.24, 2.45) is 11.8 Å². The molecule has 0 spiro atoms. The lowest BCUT2D eigenvalue weighted by atomic mass is 9.84. The molecule has 4 heteroatoms. The van der Waals surface area contributed by atoms with Crippen molar-refractivity contribution in [2.75, 3.05) is 31.5 Å². The van der Waals surface area contributed by atoms with E-state index in [4.69, 9.17) is 0 Å². The molecule has 1 heterocycles.